The molecule has 2 unspecified atom stereocenters. The molecule has 1 fully saturated rings. The van der Waals surface area contributed by atoms with E-state index in [1.54, 1.807) is 6.08 Å². The summed E-state index contributed by atoms with van der Waals surface area (Å²) < 4.78 is 0. The predicted octanol–water partition coefficient (Wildman–Crippen LogP) is 2.19. The summed E-state index contributed by atoms with van der Waals surface area (Å²) in [6, 6.07) is 9.96. The van der Waals surface area contributed by atoms with Gasteiger partial charge < -0.3 is 20.1 Å². The van der Waals surface area contributed by atoms with Gasteiger partial charge in [-0.25, -0.2) is 0 Å². The molecule has 0 saturated heterocycles. The van der Waals surface area contributed by atoms with Gasteiger partial charge in [-0.1, -0.05) is 61.7 Å². The normalized spacial score (nSPS) is 23.4. The summed E-state index contributed by atoms with van der Waals surface area (Å²) in [6.07, 6.45) is 7.63. The van der Waals surface area contributed by atoms with Gasteiger partial charge in [-0.2, -0.15) is 0 Å². The summed E-state index contributed by atoms with van der Waals surface area (Å²) in [5.41, 5.74) is 1.17. The van der Waals surface area contributed by atoms with Crippen molar-refractivity contribution in [3.05, 3.63) is 48.0 Å². The maximum atomic E-state index is 12.2. The van der Waals surface area contributed by atoms with Gasteiger partial charge in [0.05, 0.1) is 12.2 Å². The molecule has 0 aromatic heterocycles. The highest BCUT2D eigenvalue weighted by Crippen LogP contribution is 2.34. The second kappa shape index (κ2) is 11.8. The van der Waals surface area contributed by atoms with Gasteiger partial charge in [0.15, 0.2) is 0 Å². The van der Waals surface area contributed by atoms with E-state index < -0.39 is 18.2 Å². The topological polar surface area (TPSA) is 97.7 Å². The van der Waals surface area contributed by atoms with Gasteiger partial charge in [0, 0.05) is 24.2 Å². The molecule has 5 heteroatoms. The second-order valence-electron chi connectivity index (χ2n) is 7.72. The summed E-state index contributed by atoms with van der Waals surface area (Å²) in [7, 11) is 0. The van der Waals surface area contributed by atoms with Crippen LogP contribution < -0.4 is 5.11 Å². The molecule has 28 heavy (non-hydrogen) atoms. The first kappa shape index (κ1) is 22.3. The molecule has 2 rings (SSSR count). The SMILES string of the molecule is O=C([O-])CCCCCCC1C(=O)C[C@@H](O)C1/C=C/[C@@H](O)CCc1ccccc1. The van der Waals surface area contributed by atoms with E-state index >= 15 is 0 Å². The van der Waals surface area contributed by atoms with E-state index in [9.17, 15) is 24.9 Å². The summed E-state index contributed by atoms with van der Waals surface area (Å²) in [4.78, 5) is 22.6. The zero-order valence-corrected chi connectivity index (χ0v) is 16.3. The fourth-order valence-electron chi connectivity index (χ4n) is 3.89. The van der Waals surface area contributed by atoms with E-state index in [-0.39, 0.29) is 30.5 Å². The molecule has 0 bridgehead atoms. The van der Waals surface area contributed by atoms with Crippen LogP contribution in [0.25, 0.3) is 0 Å². The number of rotatable bonds is 12. The van der Waals surface area contributed by atoms with Crippen molar-refractivity contribution in [2.75, 3.05) is 0 Å². The summed E-state index contributed by atoms with van der Waals surface area (Å²) in [6.45, 7) is 0. The molecule has 2 N–H and O–H groups in total. The van der Waals surface area contributed by atoms with Crippen LogP contribution in [0.1, 0.15) is 56.9 Å². The Morgan fingerprint density at radius 1 is 1.18 bits per heavy atom. The first-order valence-electron chi connectivity index (χ1n) is 10.3. The number of carboxylic acid groups (broad SMARTS) is 1. The number of ketones is 1. The first-order valence-corrected chi connectivity index (χ1v) is 10.3. The Bertz CT molecular complexity index is 640. The molecule has 0 spiro atoms. The van der Waals surface area contributed by atoms with Crippen LogP contribution in [0, 0.1) is 11.8 Å². The number of aliphatic carboxylic acids is 1. The Morgan fingerprint density at radius 3 is 2.61 bits per heavy atom. The number of aliphatic hydroxyl groups excluding tert-OH is 2. The molecule has 1 aromatic carbocycles. The Morgan fingerprint density at radius 2 is 1.89 bits per heavy atom. The number of aliphatic hydroxyl groups is 2. The van der Waals surface area contributed by atoms with Gasteiger partial charge >= 0.3 is 0 Å². The average Bonchev–Trinajstić information content (AvgIpc) is 2.94. The molecule has 0 radical (unpaired) electrons. The van der Waals surface area contributed by atoms with Gasteiger partial charge in [0.25, 0.3) is 0 Å². The van der Waals surface area contributed by atoms with Crippen LogP contribution in [-0.4, -0.2) is 34.2 Å². The van der Waals surface area contributed by atoms with Crippen molar-refractivity contribution in [2.45, 2.75) is 70.0 Å². The number of carboxylic acids is 1. The molecule has 1 aliphatic carbocycles. The molecule has 4 atom stereocenters. The van der Waals surface area contributed by atoms with Crippen LogP contribution >= 0.6 is 0 Å². The lowest BCUT2D eigenvalue weighted by molar-refractivity contribution is -0.305. The van der Waals surface area contributed by atoms with Crippen molar-refractivity contribution >= 4 is 11.8 Å². The number of hydrogen-bond donors (Lipinski definition) is 2. The molecule has 1 saturated carbocycles. The lowest BCUT2D eigenvalue weighted by Gasteiger charge is -2.18. The molecule has 1 aliphatic rings. The third kappa shape index (κ3) is 7.56. The lowest BCUT2D eigenvalue weighted by atomic mass is 9.88. The Balaban J connectivity index is 1.77. The molecule has 154 valence electrons. The highest BCUT2D eigenvalue weighted by atomic mass is 16.4. The van der Waals surface area contributed by atoms with Crippen molar-refractivity contribution in [2.24, 2.45) is 11.8 Å². The summed E-state index contributed by atoms with van der Waals surface area (Å²) >= 11 is 0. The molecule has 0 heterocycles. The smallest absolute Gasteiger partial charge is 0.139 e. The van der Waals surface area contributed by atoms with Crippen LogP contribution in [0.15, 0.2) is 42.5 Å². The van der Waals surface area contributed by atoms with Crippen molar-refractivity contribution < 1.29 is 24.9 Å². The molecule has 5 nitrogen and oxygen atoms in total. The predicted molar refractivity (Wildman–Crippen MR) is 105 cm³/mol. The van der Waals surface area contributed by atoms with Gasteiger partial charge in [0.2, 0.25) is 0 Å². The fraction of sp³-hybridized carbons (Fsp3) is 0.565. The third-order valence-electron chi connectivity index (χ3n) is 5.51. The molecule has 1 aromatic rings. The van der Waals surface area contributed by atoms with E-state index in [4.69, 9.17) is 0 Å². The van der Waals surface area contributed by atoms with E-state index in [0.717, 1.165) is 25.7 Å². The minimum atomic E-state index is -1.02. The van der Waals surface area contributed by atoms with Crippen molar-refractivity contribution in [1.82, 2.24) is 0 Å². The number of aryl methyl sites for hydroxylation is 1. The van der Waals surface area contributed by atoms with Gasteiger partial charge in [0.1, 0.15) is 5.78 Å². The summed E-state index contributed by atoms with van der Waals surface area (Å²) in [5, 5.41) is 30.9. The Kier molecular flexibility index (Phi) is 9.38. The van der Waals surface area contributed by atoms with Crippen LogP contribution in [-0.2, 0) is 16.0 Å². The highest BCUT2D eigenvalue weighted by molar-refractivity contribution is 5.84. The fourth-order valence-corrected chi connectivity index (χ4v) is 3.89. The van der Waals surface area contributed by atoms with E-state index in [2.05, 4.69) is 0 Å². The van der Waals surface area contributed by atoms with Gasteiger partial charge in [-0.3, -0.25) is 4.79 Å². The van der Waals surface area contributed by atoms with Crippen LogP contribution in [0.5, 0.6) is 0 Å². The maximum Gasteiger partial charge on any atom is 0.139 e. The average molecular weight is 387 g/mol. The van der Waals surface area contributed by atoms with Crippen LogP contribution in [0.3, 0.4) is 0 Å². The van der Waals surface area contributed by atoms with E-state index in [0.29, 0.717) is 19.3 Å². The molecule has 0 aliphatic heterocycles. The third-order valence-corrected chi connectivity index (χ3v) is 5.51. The largest absolute Gasteiger partial charge is 0.550 e. The number of Topliss-reactive ketones (excluding diaryl/α,β-unsaturated/α-hetero) is 1. The Labute approximate surface area is 167 Å². The van der Waals surface area contributed by atoms with Crippen molar-refractivity contribution in [3.63, 3.8) is 0 Å². The lowest BCUT2D eigenvalue weighted by Crippen LogP contribution is -2.21. The van der Waals surface area contributed by atoms with Gasteiger partial charge in [-0.05, 0) is 37.7 Å². The highest BCUT2D eigenvalue weighted by Gasteiger charge is 2.39. The first-order chi connectivity index (χ1) is 13.5. The van der Waals surface area contributed by atoms with Gasteiger partial charge in [-0.15, -0.1) is 0 Å². The minimum Gasteiger partial charge on any atom is -0.550 e. The second-order valence-corrected chi connectivity index (χ2v) is 7.72. The molecular weight excluding hydrogens is 356 g/mol. The Hall–Kier alpha value is -1.98. The standard InChI is InChI=1S/C23H32O5/c24-18(13-12-17-8-4-3-5-9-17)14-15-20-19(21(25)16-22(20)26)10-6-1-2-7-11-23(27)28/h3-5,8-9,14-15,18-20,22,24,26H,1-2,6-7,10-13,16H2,(H,27,28)/p-1/b15-14+/t18-,19?,20?,22+/m0/s1. The van der Waals surface area contributed by atoms with E-state index in [1.807, 2.05) is 36.4 Å². The summed E-state index contributed by atoms with van der Waals surface area (Å²) in [5.74, 6) is -1.41. The minimum absolute atomic E-state index is 0.0767. The molecule has 0 amide bonds. The number of hydrogen-bond acceptors (Lipinski definition) is 5. The zero-order valence-electron chi connectivity index (χ0n) is 16.3. The monoisotopic (exact) mass is 387 g/mol. The van der Waals surface area contributed by atoms with Crippen LogP contribution in [0.2, 0.25) is 0 Å². The quantitative estimate of drug-likeness (QED) is 0.423. The number of unbranched alkanes of at least 4 members (excludes halogenated alkanes) is 3. The number of carbonyl (C=O) groups excluding carboxylic acids is 2. The maximum absolute atomic E-state index is 12.2. The number of benzene rings is 1. The van der Waals surface area contributed by atoms with E-state index in [1.165, 1.54) is 5.56 Å². The van der Waals surface area contributed by atoms with Crippen LogP contribution in [0.4, 0.5) is 0 Å². The zero-order chi connectivity index (χ0) is 20.4. The van der Waals surface area contributed by atoms with Crippen molar-refractivity contribution in [3.8, 4) is 0 Å². The molecular formula is C23H31O5-. The van der Waals surface area contributed by atoms with Crippen molar-refractivity contribution in [1.29, 1.82) is 0 Å². The number of carbonyl (C=O) groups is 2.